The highest BCUT2D eigenvalue weighted by Crippen LogP contribution is 2.47. The molecule has 0 saturated heterocycles. The fraction of sp³-hybridized carbons (Fsp3) is 0.480. The van der Waals surface area contributed by atoms with Crippen molar-refractivity contribution in [3.8, 4) is 5.75 Å². The third-order valence-corrected chi connectivity index (χ3v) is 5.76. The van der Waals surface area contributed by atoms with Crippen molar-refractivity contribution >= 4 is 11.7 Å². The maximum absolute atomic E-state index is 12.6. The standard InChI is InChI=1S/C25H34N2O3/c1-14(2)17-8-10-18(11-9-17)20-13-30-23-19(12-28)15(3)22(16(4)21(20)23)26-24(29)27-25(5,6)7/h8-11,14,20,28H,12-13H2,1-7H3,(H2,26,27,29)/t20-/m1/s1. The molecule has 162 valence electrons. The van der Waals surface area contributed by atoms with Gasteiger partial charge in [0.25, 0.3) is 0 Å². The number of benzene rings is 2. The van der Waals surface area contributed by atoms with E-state index in [4.69, 9.17) is 4.74 Å². The van der Waals surface area contributed by atoms with Gasteiger partial charge in [-0.3, -0.25) is 0 Å². The van der Waals surface area contributed by atoms with Crippen LogP contribution >= 0.6 is 0 Å². The average molecular weight is 411 g/mol. The van der Waals surface area contributed by atoms with Crippen LogP contribution in [0.2, 0.25) is 0 Å². The normalized spacial score (nSPS) is 15.7. The summed E-state index contributed by atoms with van der Waals surface area (Å²) in [5, 5.41) is 16.0. The highest BCUT2D eigenvalue weighted by atomic mass is 16.5. The molecule has 2 aromatic carbocycles. The lowest BCUT2D eigenvalue weighted by Crippen LogP contribution is -2.43. The monoisotopic (exact) mass is 410 g/mol. The third kappa shape index (κ3) is 4.31. The molecule has 0 aliphatic carbocycles. The van der Waals surface area contributed by atoms with E-state index in [0.717, 1.165) is 33.7 Å². The Kier molecular flexibility index (Phi) is 6.14. The second kappa shape index (κ2) is 8.31. The van der Waals surface area contributed by atoms with Crippen molar-refractivity contribution in [3.05, 3.63) is 57.6 Å². The molecule has 0 unspecified atom stereocenters. The number of urea groups is 1. The number of amides is 2. The lowest BCUT2D eigenvalue weighted by atomic mass is 9.85. The zero-order chi connectivity index (χ0) is 22.2. The van der Waals surface area contributed by atoms with Gasteiger partial charge in [0, 0.05) is 28.3 Å². The summed E-state index contributed by atoms with van der Waals surface area (Å²) >= 11 is 0. The molecule has 3 rings (SSSR count). The molecule has 2 amide bonds. The SMILES string of the molecule is Cc1c(CO)c2c(c(C)c1NC(=O)NC(C)(C)C)[C@@H](c1ccc(C(C)C)cc1)CO2. The molecule has 1 atom stereocenters. The van der Waals surface area contributed by atoms with Crippen molar-refractivity contribution in [2.45, 2.75) is 72.4 Å². The van der Waals surface area contributed by atoms with Crippen LogP contribution in [0.25, 0.3) is 0 Å². The van der Waals surface area contributed by atoms with E-state index in [9.17, 15) is 9.90 Å². The first-order valence-electron chi connectivity index (χ1n) is 10.6. The molecular formula is C25H34N2O3. The smallest absolute Gasteiger partial charge is 0.319 e. The van der Waals surface area contributed by atoms with Crippen LogP contribution in [0.15, 0.2) is 24.3 Å². The van der Waals surface area contributed by atoms with Crippen LogP contribution in [0.5, 0.6) is 5.75 Å². The molecule has 0 saturated carbocycles. The highest BCUT2D eigenvalue weighted by Gasteiger charge is 2.33. The second-order valence-corrected chi connectivity index (χ2v) is 9.52. The molecule has 0 spiro atoms. The molecule has 5 nitrogen and oxygen atoms in total. The molecule has 0 fully saturated rings. The first-order valence-corrected chi connectivity index (χ1v) is 10.6. The molecule has 0 radical (unpaired) electrons. The number of aliphatic hydroxyl groups excluding tert-OH is 1. The van der Waals surface area contributed by atoms with E-state index < -0.39 is 0 Å². The van der Waals surface area contributed by atoms with E-state index in [0.29, 0.717) is 12.5 Å². The molecule has 30 heavy (non-hydrogen) atoms. The van der Waals surface area contributed by atoms with Crippen molar-refractivity contribution in [1.29, 1.82) is 0 Å². The number of ether oxygens (including phenoxy) is 1. The molecular weight excluding hydrogens is 376 g/mol. The lowest BCUT2D eigenvalue weighted by molar-refractivity contribution is 0.243. The van der Waals surface area contributed by atoms with Gasteiger partial charge in [0.1, 0.15) is 5.75 Å². The van der Waals surface area contributed by atoms with Gasteiger partial charge in [-0.2, -0.15) is 0 Å². The van der Waals surface area contributed by atoms with Gasteiger partial charge >= 0.3 is 6.03 Å². The maximum atomic E-state index is 12.6. The van der Waals surface area contributed by atoms with Crippen LogP contribution in [0.3, 0.4) is 0 Å². The summed E-state index contributed by atoms with van der Waals surface area (Å²) in [4.78, 5) is 12.6. The summed E-state index contributed by atoms with van der Waals surface area (Å²) < 4.78 is 6.08. The average Bonchev–Trinajstić information content (AvgIpc) is 3.09. The first kappa shape index (κ1) is 22.2. The highest BCUT2D eigenvalue weighted by molar-refractivity contribution is 5.92. The van der Waals surface area contributed by atoms with Crippen LogP contribution < -0.4 is 15.4 Å². The van der Waals surface area contributed by atoms with E-state index in [1.165, 1.54) is 11.1 Å². The van der Waals surface area contributed by atoms with Crippen molar-refractivity contribution in [2.24, 2.45) is 0 Å². The van der Waals surface area contributed by atoms with Crippen LogP contribution in [0, 0.1) is 13.8 Å². The van der Waals surface area contributed by atoms with Gasteiger partial charge in [-0.05, 0) is 62.8 Å². The zero-order valence-electron chi connectivity index (χ0n) is 19.1. The van der Waals surface area contributed by atoms with Crippen LogP contribution in [-0.2, 0) is 6.61 Å². The molecule has 3 N–H and O–H groups in total. The number of rotatable bonds is 4. The summed E-state index contributed by atoms with van der Waals surface area (Å²) in [6, 6.07) is 8.41. The summed E-state index contributed by atoms with van der Waals surface area (Å²) in [7, 11) is 0. The van der Waals surface area contributed by atoms with E-state index in [-0.39, 0.29) is 24.1 Å². The first-order chi connectivity index (χ1) is 14.0. The van der Waals surface area contributed by atoms with Crippen molar-refractivity contribution in [1.82, 2.24) is 5.32 Å². The van der Waals surface area contributed by atoms with Gasteiger partial charge in [0.15, 0.2) is 0 Å². The number of carbonyl (C=O) groups is 1. The minimum absolute atomic E-state index is 0.0679. The van der Waals surface area contributed by atoms with E-state index >= 15 is 0 Å². The third-order valence-electron chi connectivity index (χ3n) is 5.76. The predicted molar refractivity (Wildman–Crippen MR) is 122 cm³/mol. The topological polar surface area (TPSA) is 70.6 Å². The number of aliphatic hydroxyl groups is 1. The minimum atomic E-state index is -0.341. The number of nitrogens with one attached hydrogen (secondary N) is 2. The maximum Gasteiger partial charge on any atom is 0.319 e. The second-order valence-electron chi connectivity index (χ2n) is 9.52. The molecule has 0 aromatic heterocycles. The fourth-order valence-electron chi connectivity index (χ4n) is 4.14. The fourth-order valence-corrected chi connectivity index (χ4v) is 4.14. The summed E-state index contributed by atoms with van der Waals surface area (Å²) in [6.07, 6.45) is 0. The van der Waals surface area contributed by atoms with Gasteiger partial charge in [-0.1, -0.05) is 38.1 Å². The Bertz CT molecular complexity index is 941. The Morgan fingerprint density at radius 2 is 1.80 bits per heavy atom. The molecule has 1 heterocycles. The summed E-state index contributed by atoms with van der Waals surface area (Å²) in [5.41, 5.74) is 6.50. The van der Waals surface area contributed by atoms with E-state index in [1.54, 1.807) is 0 Å². The summed E-state index contributed by atoms with van der Waals surface area (Å²) in [5.74, 6) is 1.30. The summed E-state index contributed by atoms with van der Waals surface area (Å²) in [6.45, 7) is 14.5. The number of anilines is 1. The van der Waals surface area contributed by atoms with Gasteiger partial charge in [0.05, 0.1) is 13.2 Å². The molecule has 5 heteroatoms. The van der Waals surface area contributed by atoms with Crippen molar-refractivity contribution in [2.75, 3.05) is 11.9 Å². The van der Waals surface area contributed by atoms with Crippen LogP contribution in [-0.4, -0.2) is 23.3 Å². The van der Waals surface area contributed by atoms with E-state index in [2.05, 4.69) is 48.7 Å². The quantitative estimate of drug-likeness (QED) is 0.635. The zero-order valence-corrected chi connectivity index (χ0v) is 19.1. The Balaban J connectivity index is 2.04. The van der Waals surface area contributed by atoms with Crippen molar-refractivity contribution < 1.29 is 14.6 Å². The predicted octanol–water partition coefficient (Wildman–Crippen LogP) is 5.36. The molecule has 1 aliphatic rings. The van der Waals surface area contributed by atoms with Gasteiger partial charge in [-0.15, -0.1) is 0 Å². The molecule has 0 bridgehead atoms. The van der Waals surface area contributed by atoms with Crippen LogP contribution in [0.4, 0.5) is 10.5 Å². The largest absolute Gasteiger partial charge is 0.492 e. The number of fused-ring (bicyclic) bond motifs is 1. The number of hydrogen-bond donors (Lipinski definition) is 3. The number of carbonyl (C=O) groups excluding carboxylic acids is 1. The van der Waals surface area contributed by atoms with Crippen molar-refractivity contribution in [3.63, 3.8) is 0 Å². The Hall–Kier alpha value is -2.53. The van der Waals surface area contributed by atoms with Crippen LogP contribution in [0.1, 0.15) is 79.8 Å². The van der Waals surface area contributed by atoms with Gasteiger partial charge in [-0.25, -0.2) is 4.79 Å². The Labute approximate surface area is 179 Å². The lowest BCUT2D eigenvalue weighted by Gasteiger charge is -2.24. The Morgan fingerprint density at radius 3 is 2.33 bits per heavy atom. The van der Waals surface area contributed by atoms with Gasteiger partial charge < -0.3 is 20.5 Å². The number of hydrogen-bond acceptors (Lipinski definition) is 3. The van der Waals surface area contributed by atoms with Gasteiger partial charge in [0.2, 0.25) is 0 Å². The molecule has 1 aliphatic heterocycles. The molecule has 2 aromatic rings. The minimum Gasteiger partial charge on any atom is -0.492 e. The van der Waals surface area contributed by atoms with E-state index in [1.807, 2.05) is 34.6 Å². The Morgan fingerprint density at radius 1 is 1.17 bits per heavy atom.